The van der Waals surface area contributed by atoms with Crippen LogP contribution in [-0.4, -0.2) is 27.7 Å². The van der Waals surface area contributed by atoms with E-state index in [1.165, 1.54) is 12.8 Å². The highest BCUT2D eigenvalue weighted by Gasteiger charge is 2.30. The van der Waals surface area contributed by atoms with Crippen LogP contribution in [0.2, 0.25) is 13.1 Å². The van der Waals surface area contributed by atoms with E-state index < -0.39 is 9.04 Å². The molecular weight excluding hydrogens is 190 g/mol. The van der Waals surface area contributed by atoms with E-state index >= 15 is 0 Å². The molecule has 2 nitrogen and oxygen atoms in total. The Bertz CT molecular complexity index is 177. The summed E-state index contributed by atoms with van der Waals surface area (Å²) < 4.78 is 5.98. The minimum Gasteiger partial charge on any atom is -0.414 e. The zero-order valence-corrected chi connectivity index (χ0v) is 11.2. The molecule has 1 N–H and O–H groups in total. The summed E-state index contributed by atoms with van der Waals surface area (Å²) in [5, 5.41) is 3.59. The maximum atomic E-state index is 5.98. The quantitative estimate of drug-likeness (QED) is 0.713. The molecule has 1 aliphatic heterocycles. The van der Waals surface area contributed by atoms with Crippen LogP contribution in [0.25, 0.3) is 0 Å². The van der Waals surface area contributed by atoms with Crippen LogP contribution < -0.4 is 5.32 Å². The van der Waals surface area contributed by atoms with Gasteiger partial charge in [0.2, 0.25) is 9.04 Å². The zero-order chi connectivity index (χ0) is 10.8. The molecular formula is C11H24NOSi. The molecule has 0 aromatic heterocycles. The SMILES string of the molecule is C[Si](C)OC1CCNC(C(C)(C)C)C1. The Labute approximate surface area is 90.1 Å². The van der Waals surface area contributed by atoms with Crippen molar-refractivity contribution >= 4 is 9.04 Å². The lowest BCUT2D eigenvalue weighted by molar-refractivity contribution is 0.102. The van der Waals surface area contributed by atoms with Gasteiger partial charge in [0, 0.05) is 12.1 Å². The van der Waals surface area contributed by atoms with E-state index in [9.17, 15) is 0 Å². The lowest BCUT2D eigenvalue weighted by Crippen LogP contribution is -2.48. The molecule has 14 heavy (non-hydrogen) atoms. The third-order valence-electron chi connectivity index (χ3n) is 2.80. The summed E-state index contributed by atoms with van der Waals surface area (Å²) >= 11 is 0. The van der Waals surface area contributed by atoms with Gasteiger partial charge in [0.1, 0.15) is 0 Å². The Hall–Kier alpha value is 0.137. The van der Waals surface area contributed by atoms with Crippen LogP contribution in [0.4, 0.5) is 0 Å². The number of rotatable bonds is 2. The third-order valence-corrected chi connectivity index (χ3v) is 3.61. The summed E-state index contributed by atoms with van der Waals surface area (Å²) in [6.07, 6.45) is 2.87. The topological polar surface area (TPSA) is 21.3 Å². The molecule has 0 aromatic rings. The van der Waals surface area contributed by atoms with Gasteiger partial charge in [-0.3, -0.25) is 0 Å². The standard InChI is InChI=1S/C11H24NOSi/c1-11(2,3)10-8-9(6-7-12-10)13-14(4)5/h9-10,12H,6-8H2,1-5H3. The third kappa shape index (κ3) is 3.71. The van der Waals surface area contributed by atoms with Gasteiger partial charge in [0.05, 0.1) is 0 Å². The van der Waals surface area contributed by atoms with Crippen molar-refractivity contribution in [3.63, 3.8) is 0 Å². The maximum Gasteiger partial charge on any atom is 0.205 e. The molecule has 0 bridgehead atoms. The largest absolute Gasteiger partial charge is 0.414 e. The van der Waals surface area contributed by atoms with E-state index in [0.717, 1.165) is 6.54 Å². The average Bonchev–Trinajstić information content (AvgIpc) is 2.01. The van der Waals surface area contributed by atoms with Crippen molar-refractivity contribution in [2.45, 2.75) is 58.9 Å². The van der Waals surface area contributed by atoms with Gasteiger partial charge in [-0.1, -0.05) is 20.8 Å². The second-order valence-electron chi connectivity index (χ2n) is 5.55. The van der Waals surface area contributed by atoms with Crippen LogP contribution in [-0.2, 0) is 4.43 Å². The van der Waals surface area contributed by atoms with E-state index in [4.69, 9.17) is 4.43 Å². The highest BCUT2D eigenvalue weighted by Crippen LogP contribution is 2.27. The van der Waals surface area contributed by atoms with E-state index in [-0.39, 0.29) is 0 Å². The van der Waals surface area contributed by atoms with E-state index in [1.807, 2.05) is 0 Å². The van der Waals surface area contributed by atoms with Crippen molar-refractivity contribution in [3.05, 3.63) is 0 Å². The fourth-order valence-electron chi connectivity index (χ4n) is 1.98. The number of nitrogens with one attached hydrogen (secondary N) is 1. The average molecular weight is 214 g/mol. The Kier molecular flexibility index (Phi) is 4.16. The summed E-state index contributed by atoms with van der Waals surface area (Å²) in [4.78, 5) is 0. The van der Waals surface area contributed by atoms with Crippen LogP contribution in [0.1, 0.15) is 33.6 Å². The normalized spacial score (nSPS) is 29.6. The molecule has 1 aliphatic rings. The van der Waals surface area contributed by atoms with E-state index in [2.05, 4.69) is 39.2 Å². The fourth-order valence-corrected chi connectivity index (χ4v) is 2.86. The fraction of sp³-hybridized carbons (Fsp3) is 1.00. The van der Waals surface area contributed by atoms with E-state index in [0.29, 0.717) is 17.6 Å². The van der Waals surface area contributed by atoms with Gasteiger partial charge < -0.3 is 9.74 Å². The summed E-state index contributed by atoms with van der Waals surface area (Å²) in [7, 11) is -0.529. The molecule has 1 saturated heterocycles. The van der Waals surface area contributed by atoms with Gasteiger partial charge in [0.15, 0.2) is 0 Å². The molecule has 2 atom stereocenters. The highest BCUT2D eigenvalue weighted by molar-refractivity contribution is 6.48. The van der Waals surface area contributed by atoms with Crippen LogP contribution in [0.5, 0.6) is 0 Å². The van der Waals surface area contributed by atoms with Crippen LogP contribution in [0.3, 0.4) is 0 Å². The van der Waals surface area contributed by atoms with E-state index in [1.54, 1.807) is 0 Å². The maximum absolute atomic E-state index is 5.98. The van der Waals surface area contributed by atoms with Crippen LogP contribution >= 0.6 is 0 Å². The molecule has 1 rings (SSSR count). The smallest absolute Gasteiger partial charge is 0.205 e. The van der Waals surface area contributed by atoms with Crippen molar-refractivity contribution in [1.82, 2.24) is 5.32 Å². The Morgan fingerprint density at radius 3 is 2.43 bits per heavy atom. The van der Waals surface area contributed by atoms with Gasteiger partial charge in [-0.2, -0.15) is 0 Å². The molecule has 0 amide bonds. The molecule has 0 aromatic carbocycles. The number of hydrogen-bond acceptors (Lipinski definition) is 2. The first-order chi connectivity index (χ1) is 6.39. The molecule has 1 radical (unpaired) electrons. The van der Waals surface area contributed by atoms with Gasteiger partial charge in [-0.25, -0.2) is 0 Å². The van der Waals surface area contributed by atoms with Gasteiger partial charge in [0.25, 0.3) is 0 Å². The summed E-state index contributed by atoms with van der Waals surface area (Å²) in [5.74, 6) is 0. The zero-order valence-electron chi connectivity index (χ0n) is 10.2. The lowest BCUT2D eigenvalue weighted by atomic mass is 9.81. The first kappa shape index (κ1) is 12.2. The van der Waals surface area contributed by atoms with Gasteiger partial charge in [-0.15, -0.1) is 0 Å². The summed E-state index contributed by atoms with van der Waals surface area (Å²) in [5.41, 5.74) is 0.358. The van der Waals surface area contributed by atoms with Gasteiger partial charge in [-0.05, 0) is 37.9 Å². The lowest BCUT2D eigenvalue weighted by Gasteiger charge is -2.39. The summed E-state index contributed by atoms with van der Waals surface area (Å²) in [6, 6.07) is 0.614. The predicted octanol–water partition coefficient (Wildman–Crippen LogP) is 2.42. The molecule has 0 aliphatic carbocycles. The first-order valence-corrected chi connectivity index (χ1v) is 8.00. The molecule has 3 heteroatoms. The Morgan fingerprint density at radius 1 is 1.29 bits per heavy atom. The number of piperidine rings is 1. The molecule has 1 fully saturated rings. The molecule has 83 valence electrons. The van der Waals surface area contributed by atoms with Crippen molar-refractivity contribution in [2.24, 2.45) is 5.41 Å². The van der Waals surface area contributed by atoms with Crippen molar-refractivity contribution < 1.29 is 4.43 Å². The van der Waals surface area contributed by atoms with Gasteiger partial charge >= 0.3 is 0 Å². The van der Waals surface area contributed by atoms with Crippen molar-refractivity contribution in [3.8, 4) is 0 Å². The minimum absolute atomic E-state index is 0.358. The molecule has 0 saturated carbocycles. The molecule has 0 spiro atoms. The monoisotopic (exact) mass is 214 g/mol. The molecule has 2 unspecified atom stereocenters. The summed E-state index contributed by atoms with van der Waals surface area (Å²) in [6.45, 7) is 12.5. The second kappa shape index (κ2) is 4.77. The van der Waals surface area contributed by atoms with Crippen molar-refractivity contribution in [2.75, 3.05) is 6.54 Å². The Balaban J connectivity index is 2.44. The van der Waals surface area contributed by atoms with Crippen LogP contribution in [0, 0.1) is 5.41 Å². The Morgan fingerprint density at radius 2 is 1.93 bits per heavy atom. The van der Waals surface area contributed by atoms with Crippen molar-refractivity contribution in [1.29, 1.82) is 0 Å². The highest BCUT2D eigenvalue weighted by atomic mass is 28.3. The first-order valence-electron chi connectivity index (χ1n) is 5.60. The second-order valence-corrected chi connectivity index (χ2v) is 7.60. The number of hydrogen-bond donors (Lipinski definition) is 1. The predicted molar refractivity (Wildman–Crippen MR) is 62.8 cm³/mol. The molecule has 1 heterocycles. The minimum atomic E-state index is -0.529. The van der Waals surface area contributed by atoms with Crippen LogP contribution in [0.15, 0.2) is 0 Å².